The molecule has 0 aromatic heterocycles. The normalized spacial score (nSPS) is 22.5. The molecular weight excluding hydrogens is 373 g/mol. The number of carbonyl (C=O) groups is 1. The minimum absolute atomic E-state index is 0. The fourth-order valence-electron chi connectivity index (χ4n) is 3.07. The Balaban J connectivity index is 0.00000176. The van der Waals surface area contributed by atoms with E-state index in [0.29, 0.717) is 23.6 Å². The van der Waals surface area contributed by atoms with Gasteiger partial charge in [0.05, 0.1) is 5.56 Å². The van der Waals surface area contributed by atoms with Gasteiger partial charge < -0.3 is 10.2 Å². The summed E-state index contributed by atoms with van der Waals surface area (Å²) < 4.78 is 14.5. The Hall–Kier alpha value is -0.690. The SMILES string of the molecule is Cl.O=C(c1ccc(Br)cc1F)N1CCN(C2CCNC2)CC1. The molecule has 122 valence electrons. The maximum atomic E-state index is 13.9. The van der Waals surface area contributed by atoms with Crippen molar-refractivity contribution in [2.75, 3.05) is 39.3 Å². The minimum atomic E-state index is -0.461. The highest BCUT2D eigenvalue weighted by molar-refractivity contribution is 9.10. The van der Waals surface area contributed by atoms with Crippen molar-refractivity contribution in [3.8, 4) is 0 Å². The third kappa shape index (κ3) is 3.79. The number of benzene rings is 1. The van der Waals surface area contributed by atoms with E-state index >= 15 is 0 Å². The van der Waals surface area contributed by atoms with Gasteiger partial charge in [-0.15, -0.1) is 12.4 Å². The molecule has 0 spiro atoms. The average Bonchev–Trinajstić information content (AvgIpc) is 3.01. The van der Waals surface area contributed by atoms with Gasteiger partial charge in [0, 0.05) is 43.2 Å². The van der Waals surface area contributed by atoms with Crippen LogP contribution in [0.3, 0.4) is 0 Å². The number of hydrogen-bond donors (Lipinski definition) is 1. The van der Waals surface area contributed by atoms with Crippen molar-refractivity contribution in [1.82, 2.24) is 15.1 Å². The van der Waals surface area contributed by atoms with E-state index in [0.717, 1.165) is 26.2 Å². The van der Waals surface area contributed by atoms with Crippen LogP contribution in [-0.4, -0.2) is 61.0 Å². The van der Waals surface area contributed by atoms with E-state index in [1.54, 1.807) is 17.0 Å². The van der Waals surface area contributed by atoms with Crippen LogP contribution in [0.25, 0.3) is 0 Å². The highest BCUT2D eigenvalue weighted by Gasteiger charge is 2.28. The molecule has 2 aliphatic rings. The molecule has 2 heterocycles. The van der Waals surface area contributed by atoms with Crippen LogP contribution in [0.2, 0.25) is 0 Å². The van der Waals surface area contributed by atoms with Gasteiger partial charge in [0.1, 0.15) is 5.82 Å². The van der Waals surface area contributed by atoms with Crippen LogP contribution in [0.1, 0.15) is 16.8 Å². The van der Waals surface area contributed by atoms with E-state index < -0.39 is 5.82 Å². The van der Waals surface area contributed by atoms with Gasteiger partial charge >= 0.3 is 0 Å². The molecule has 0 saturated carbocycles. The van der Waals surface area contributed by atoms with E-state index in [-0.39, 0.29) is 23.9 Å². The van der Waals surface area contributed by atoms with Crippen LogP contribution < -0.4 is 5.32 Å². The monoisotopic (exact) mass is 391 g/mol. The number of halogens is 3. The lowest BCUT2D eigenvalue weighted by Gasteiger charge is -2.37. The molecule has 22 heavy (non-hydrogen) atoms. The zero-order chi connectivity index (χ0) is 14.8. The fourth-order valence-corrected chi connectivity index (χ4v) is 3.41. The molecule has 3 rings (SSSR count). The van der Waals surface area contributed by atoms with Crippen LogP contribution in [0.15, 0.2) is 22.7 Å². The van der Waals surface area contributed by atoms with Crippen molar-refractivity contribution < 1.29 is 9.18 Å². The molecule has 0 radical (unpaired) electrons. The van der Waals surface area contributed by atoms with Crippen LogP contribution in [-0.2, 0) is 0 Å². The number of nitrogens with zero attached hydrogens (tertiary/aromatic N) is 2. The van der Waals surface area contributed by atoms with Gasteiger partial charge in [0.15, 0.2) is 0 Å². The molecule has 1 atom stereocenters. The molecular formula is C15H20BrClFN3O. The summed E-state index contributed by atoms with van der Waals surface area (Å²) in [5.74, 6) is -0.666. The summed E-state index contributed by atoms with van der Waals surface area (Å²) in [6.45, 7) is 5.20. The highest BCUT2D eigenvalue weighted by atomic mass is 79.9. The Morgan fingerprint density at radius 3 is 2.59 bits per heavy atom. The lowest BCUT2D eigenvalue weighted by atomic mass is 10.1. The second kappa shape index (κ2) is 7.73. The van der Waals surface area contributed by atoms with Crippen molar-refractivity contribution >= 4 is 34.2 Å². The lowest BCUT2D eigenvalue weighted by Crippen LogP contribution is -2.52. The van der Waals surface area contributed by atoms with Crippen molar-refractivity contribution in [1.29, 1.82) is 0 Å². The van der Waals surface area contributed by atoms with E-state index in [1.807, 2.05) is 0 Å². The molecule has 1 aromatic rings. The topological polar surface area (TPSA) is 35.6 Å². The minimum Gasteiger partial charge on any atom is -0.336 e. The van der Waals surface area contributed by atoms with Crippen molar-refractivity contribution in [3.05, 3.63) is 34.1 Å². The summed E-state index contributed by atoms with van der Waals surface area (Å²) in [5.41, 5.74) is 0.161. The molecule has 1 amide bonds. The molecule has 2 saturated heterocycles. The number of nitrogens with one attached hydrogen (secondary N) is 1. The van der Waals surface area contributed by atoms with Crippen LogP contribution in [0.4, 0.5) is 4.39 Å². The quantitative estimate of drug-likeness (QED) is 0.837. The third-order valence-electron chi connectivity index (χ3n) is 4.31. The number of hydrogen-bond acceptors (Lipinski definition) is 3. The lowest BCUT2D eigenvalue weighted by molar-refractivity contribution is 0.0579. The molecule has 1 unspecified atom stereocenters. The largest absolute Gasteiger partial charge is 0.336 e. The summed E-state index contributed by atoms with van der Waals surface area (Å²) in [6.07, 6.45) is 1.18. The van der Waals surface area contributed by atoms with E-state index in [2.05, 4.69) is 26.1 Å². The van der Waals surface area contributed by atoms with E-state index in [4.69, 9.17) is 0 Å². The van der Waals surface area contributed by atoms with Gasteiger partial charge in [-0.1, -0.05) is 15.9 Å². The molecule has 0 aliphatic carbocycles. The first-order valence-electron chi connectivity index (χ1n) is 7.34. The number of amides is 1. The number of carbonyl (C=O) groups excluding carboxylic acids is 1. The Labute approximate surface area is 144 Å². The van der Waals surface area contributed by atoms with Gasteiger partial charge in [0.2, 0.25) is 0 Å². The first kappa shape index (κ1) is 17.7. The first-order chi connectivity index (χ1) is 10.1. The molecule has 4 nitrogen and oxygen atoms in total. The summed E-state index contributed by atoms with van der Waals surface area (Å²) in [4.78, 5) is 16.6. The Morgan fingerprint density at radius 2 is 2.00 bits per heavy atom. The van der Waals surface area contributed by atoms with Gasteiger partial charge in [-0.25, -0.2) is 4.39 Å². The maximum Gasteiger partial charge on any atom is 0.256 e. The zero-order valence-corrected chi connectivity index (χ0v) is 14.6. The Kier molecular flexibility index (Phi) is 6.20. The van der Waals surface area contributed by atoms with Gasteiger partial charge in [-0.3, -0.25) is 9.69 Å². The van der Waals surface area contributed by atoms with Crippen molar-refractivity contribution in [3.63, 3.8) is 0 Å². The Bertz CT molecular complexity index is 532. The third-order valence-corrected chi connectivity index (χ3v) is 4.81. The molecule has 2 aliphatic heterocycles. The molecule has 7 heteroatoms. The highest BCUT2D eigenvalue weighted by Crippen LogP contribution is 2.18. The second-order valence-corrected chi connectivity index (χ2v) is 6.51. The first-order valence-corrected chi connectivity index (χ1v) is 8.13. The average molecular weight is 393 g/mol. The molecule has 1 aromatic carbocycles. The maximum absolute atomic E-state index is 13.9. The van der Waals surface area contributed by atoms with Crippen LogP contribution in [0.5, 0.6) is 0 Å². The van der Waals surface area contributed by atoms with E-state index in [1.165, 1.54) is 12.5 Å². The predicted octanol–water partition coefficient (Wildman–Crippen LogP) is 2.13. The number of piperazine rings is 1. The van der Waals surface area contributed by atoms with Crippen molar-refractivity contribution in [2.45, 2.75) is 12.5 Å². The molecule has 1 N–H and O–H groups in total. The summed E-state index contributed by atoms with van der Waals surface area (Å²) in [7, 11) is 0. The number of rotatable bonds is 2. The smallest absolute Gasteiger partial charge is 0.256 e. The summed E-state index contributed by atoms with van der Waals surface area (Å²) in [5, 5.41) is 3.37. The standard InChI is InChI=1S/C15H19BrFN3O.ClH/c16-11-1-2-13(14(17)9-11)15(21)20-7-5-19(6-8-20)12-3-4-18-10-12;/h1-2,9,12,18H,3-8,10H2;1H. The van der Waals surface area contributed by atoms with Gasteiger partial charge in [-0.05, 0) is 31.2 Å². The van der Waals surface area contributed by atoms with Gasteiger partial charge in [0.25, 0.3) is 5.91 Å². The predicted molar refractivity (Wildman–Crippen MR) is 90.1 cm³/mol. The van der Waals surface area contributed by atoms with E-state index in [9.17, 15) is 9.18 Å². The van der Waals surface area contributed by atoms with Crippen LogP contribution in [0, 0.1) is 5.82 Å². The molecule has 2 fully saturated rings. The van der Waals surface area contributed by atoms with Crippen LogP contribution >= 0.6 is 28.3 Å². The summed E-state index contributed by atoms with van der Waals surface area (Å²) in [6, 6.07) is 5.19. The van der Waals surface area contributed by atoms with Crippen molar-refractivity contribution in [2.24, 2.45) is 0 Å². The van der Waals surface area contributed by atoms with Gasteiger partial charge in [-0.2, -0.15) is 0 Å². The second-order valence-electron chi connectivity index (χ2n) is 5.60. The zero-order valence-electron chi connectivity index (χ0n) is 12.2. The molecule has 0 bridgehead atoms. The summed E-state index contributed by atoms with van der Waals surface area (Å²) >= 11 is 3.21. The Morgan fingerprint density at radius 1 is 1.27 bits per heavy atom. The fraction of sp³-hybridized carbons (Fsp3) is 0.533.